The minimum absolute atomic E-state index is 0.238. The van der Waals surface area contributed by atoms with Crippen LogP contribution in [0.25, 0.3) is 0 Å². The monoisotopic (exact) mass is 312 g/mol. The Labute approximate surface area is 139 Å². The zero-order valence-corrected chi connectivity index (χ0v) is 14.0. The summed E-state index contributed by atoms with van der Waals surface area (Å²) < 4.78 is 0. The summed E-state index contributed by atoms with van der Waals surface area (Å²) >= 11 is 0. The Kier molecular flexibility index (Phi) is 4.14. The van der Waals surface area contributed by atoms with E-state index < -0.39 is 0 Å². The molecule has 3 nitrogen and oxygen atoms in total. The zero-order chi connectivity index (χ0) is 15.7. The molecular formula is C20H28N2O. The Morgan fingerprint density at radius 3 is 2.57 bits per heavy atom. The molecule has 3 aliphatic rings. The summed E-state index contributed by atoms with van der Waals surface area (Å²) in [5.74, 6) is 0.851. The van der Waals surface area contributed by atoms with Crippen molar-refractivity contribution in [1.29, 1.82) is 0 Å². The van der Waals surface area contributed by atoms with Gasteiger partial charge < -0.3 is 10.2 Å². The number of carbonyl (C=O) groups excluding carboxylic acids is 1. The van der Waals surface area contributed by atoms with E-state index in [4.69, 9.17) is 0 Å². The van der Waals surface area contributed by atoms with Crippen LogP contribution in [0.1, 0.15) is 66.8 Å². The van der Waals surface area contributed by atoms with Gasteiger partial charge in [-0.25, -0.2) is 0 Å². The van der Waals surface area contributed by atoms with Crippen LogP contribution >= 0.6 is 0 Å². The summed E-state index contributed by atoms with van der Waals surface area (Å²) in [6.45, 7) is 4.15. The molecule has 124 valence electrons. The minimum Gasteiger partial charge on any atom is -0.338 e. The lowest BCUT2D eigenvalue weighted by atomic mass is 9.86. The largest absolute Gasteiger partial charge is 0.338 e. The number of benzene rings is 1. The summed E-state index contributed by atoms with van der Waals surface area (Å²) in [4.78, 5) is 14.9. The molecular weight excluding hydrogens is 284 g/mol. The molecule has 0 bridgehead atoms. The van der Waals surface area contributed by atoms with Crippen LogP contribution in [-0.2, 0) is 0 Å². The predicted molar refractivity (Wildman–Crippen MR) is 92.7 cm³/mol. The lowest BCUT2D eigenvalue weighted by Crippen LogP contribution is -2.31. The first-order valence-corrected chi connectivity index (χ1v) is 9.36. The van der Waals surface area contributed by atoms with Crippen molar-refractivity contribution in [3.05, 3.63) is 35.4 Å². The Balaban J connectivity index is 1.42. The number of rotatable bonds is 2. The summed E-state index contributed by atoms with van der Waals surface area (Å²) in [6, 6.07) is 8.44. The van der Waals surface area contributed by atoms with Gasteiger partial charge in [0.25, 0.3) is 5.91 Å². The van der Waals surface area contributed by atoms with E-state index >= 15 is 0 Å². The fraction of sp³-hybridized carbons (Fsp3) is 0.650. The summed E-state index contributed by atoms with van der Waals surface area (Å²) in [7, 11) is 0. The minimum atomic E-state index is 0.238. The first-order chi connectivity index (χ1) is 11.3. The van der Waals surface area contributed by atoms with Crippen LogP contribution in [-0.4, -0.2) is 37.0 Å². The number of nitrogens with zero attached hydrogens (tertiary/aromatic N) is 1. The number of piperidine rings is 1. The lowest BCUT2D eigenvalue weighted by molar-refractivity contribution is 0.0773. The van der Waals surface area contributed by atoms with Crippen molar-refractivity contribution in [3.8, 4) is 0 Å². The van der Waals surface area contributed by atoms with Crippen LogP contribution in [0.4, 0.5) is 0 Å². The summed E-state index contributed by atoms with van der Waals surface area (Å²) in [5.41, 5.74) is 2.71. The third-order valence-electron chi connectivity index (χ3n) is 6.32. The van der Waals surface area contributed by atoms with Crippen molar-refractivity contribution in [2.75, 3.05) is 26.2 Å². The Hall–Kier alpha value is -1.35. The maximum Gasteiger partial charge on any atom is 0.253 e. The van der Waals surface area contributed by atoms with Gasteiger partial charge in [0.2, 0.25) is 0 Å². The maximum atomic E-state index is 12.8. The molecule has 2 aliphatic heterocycles. The molecule has 0 unspecified atom stereocenters. The van der Waals surface area contributed by atoms with Crippen molar-refractivity contribution in [3.63, 3.8) is 0 Å². The topological polar surface area (TPSA) is 32.3 Å². The van der Waals surface area contributed by atoms with E-state index in [2.05, 4.69) is 22.3 Å². The molecule has 0 aromatic heterocycles. The van der Waals surface area contributed by atoms with Gasteiger partial charge >= 0.3 is 0 Å². The van der Waals surface area contributed by atoms with Gasteiger partial charge in [-0.15, -0.1) is 0 Å². The van der Waals surface area contributed by atoms with Gasteiger partial charge in [0.1, 0.15) is 0 Å². The van der Waals surface area contributed by atoms with Crippen LogP contribution < -0.4 is 5.32 Å². The highest BCUT2D eigenvalue weighted by molar-refractivity contribution is 5.94. The van der Waals surface area contributed by atoms with Crippen LogP contribution in [0.3, 0.4) is 0 Å². The van der Waals surface area contributed by atoms with E-state index in [0.717, 1.165) is 31.7 Å². The molecule has 4 rings (SSSR count). The van der Waals surface area contributed by atoms with Crippen molar-refractivity contribution < 1.29 is 4.79 Å². The Bertz CT molecular complexity index is 554. The number of carbonyl (C=O) groups is 1. The normalized spacial score (nSPS) is 26.8. The average Bonchev–Trinajstić information content (AvgIpc) is 3.25. The molecule has 2 heterocycles. The molecule has 1 aromatic rings. The molecule has 1 saturated carbocycles. The summed E-state index contributed by atoms with van der Waals surface area (Å²) in [6.07, 6.45) is 9.08. The van der Waals surface area contributed by atoms with Crippen LogP contribution in [0.5, 0.6) is 0 Å². The number of amides is 1. The van der Waals surface area contributed by atoms with Crippen molar-refractivity contribution >= 4 is 5.91 Å². The van der Waals surface area contributed by atoms with E-state index in [0.29, 0.717) is 11.3 Å². The lowest BCUT2D eigenvalue weighted by Gasteiger charge is -2.24. The van der Waals surface area contributed by atoms with Gasteiger partial charge in [-0.3, -0.25) is 4.79 Å². The molecule has 1 spiro atoms. The van der Waals surface area contributed by atoms with Gasteiger partial charge in [-0.1, -0.05) is 25.0 Å². The van der Waals surface area contributed by atoms with Gasteiger partial charge in [-0.2, -0.15) is 0 Å². The molecule has 23 heavy (non-hydrogen) atoms. The molecule has 1 N–H and O–H groups in total. The quantitative estimate of drug-likeness (QED) is 0.905. The maximum absolute atomic E-state index is 12.8. The highest BCUT2D eigenvalue weighted by Gasteiger charge is 2.41. The van der Waals surface area contributed by atoms with Crippen LogP contribution in [0.15, 0.2) is 24.3 Å². The Morgan fingerprint density at radius 2 is 1.87 bits per heavy atom. The fourth-order valence-corrected chi connectivity index (χ4v) is 4.86. The third kappa shape index (κ3) is 3.03. The Morgan fingerprint density at radius 1 is 1.09 bits per heavy atom. The first kappa shape index (κ1) is 15.2. The second-order valence-electron chi connectivity index (χ2n) is 7.85. The molecule has 3 fully saturated rings. The van der Waals surface area contributed by atoms with E-state index in [1.807, 2.05) is 12.1 Å². The molecule has 1 aliphatic carbocycles. The van der Waals surface area contributed by atoms with Gasteiger partial charge in [-0.05, 0) is 67.7 Å². The summed E-state index contributed by atoms with van der Waals surface area (Å²) in [5, 5.41) is 3.47. The van der Waals surface area contributed by atoms with Crippen LogP contribution in [0, 0.1) is 5.41 Å². The van der Waals surface area contributed by atoms with Gasteiger partial charge in [0, 0.05) is 25.2 Å². The molecule has 1 aromatic carbocycles. The molecule has 1 amide bonds. The van der Waals surface area contributed by atoms with Crippen molar-refractivity contribution in [2.45, 2.75) is 50.9 Å². The average molecular weight is 312 g/mol. The van der Waals surface area contributed by atoms with E-state index in [1.165, 1.54) is 50.5 Å². The number of likely N-dealkylation sites (tertiary alicyclic amines) is 1. The third-order valence-corrected chi connectivity index (χ3v) is 6.32. The van der Waals surface area contributed by atoms with E-state index in [9.17, 15) is 4.79 Å². The number of hydrogen-bond donors (Lipinski definition) is 1. The van der Waals surface area contributed by atoms with Gasteiger partial charge in [0.15, 0.2) is 0 Å². The second-order valence-corrected chi connectivity index (χ2v) is 7.85. The van der Waals surface area contributed by atoms with E-state index in [1.54, 1.807) is 0 Å². The molecule has 2 saturated heterocycles. The van der Waals surface area contributed by atoms with Crippen LogP contribution in [0.2, 0.25) is 0 Å². The SMILES string of the molecule is O=C(c1ccc([C@@H]2CCCNC2)cc1)N1CCC2(CCCC2)C1. The fourth-order valence-electron chi connectivity index (χ4n) is 4.86. The molecule has 0 radical (unpaired) electrons. The first-order valence-electron chi connectivity index (χ1n) is 9.36. The second kappa shape index (κ2) is 6.27. The van der Waals surface area contributed by atoms with Crippen molar-refractivity contribution in [1.82, 2.24) is 10.2 Å². The molecule has 1 atom stereocenters. The predicted octanol–water partition coefficient (Wildman–Crippen LogP) is 3.56. The highest BCUT2D eigenvalue weighted by Crippen LogP contribution is 2.45. The van der Waals surface area contributed by atoms with Crippen molar-refractivity contribution in [2.24, 2.45) is 5.41 Å². The number of nitrogens with one attached hydrogen (secondary N) is 1. The highest BCUT2D eigenvalue weighted by atomic mass is 16.2. The zero-order valence-electron chi connectivity index (χ0n) is 14.0. The molecule has 3 heteroatoms. The van der Waals surface area contributed by atoms with Gasteiger partial charge in [0.05, 0.1) is 0 Å². The number of hydrogen-bond acceptors (Lipinski definition) is 2. The van der Waals surface area contributed by atoms with E-state index in [-0.39, 0.29) is 5.91 Å². The smallest absolute Gasteiger partial charge is 0.253 e. The standard InChI is InChI=1S/C20H28N2O/c23-19(22-13-11-20(15-22)9-1-2-10-20)17-7-5-16(6-8-17)18-4-3-12-21-14-18/h5-8,18,21H,1-4,9-15H2/t18-/m1/s1.